The van der Waals surface area contributed by atoms with Gasteiger partial charge in [0.1, 0.15) is 5.75 Å². The molecule has 2 N–H and O–H groups in total. The summed E-state index contributed by atoms with van der Waals surface area (Å²) < 4.78 is 11.0. The van der Waals surface area contributed by atoms with E-state index in [9.17, 15) is 9.59 Å². The Morgan fingerprint density at radius 1 is 1.10 bits per heavy atom. The van der Waals surface area contributed by atoms with Crippen LogP contribution < -0.4 is 15.4 Å². The number of carbonyl (C=O) groups excluding carboxylic acids is 2. The molecule has 1 aliphatic heterocycles. The van der Waals surface area contributed by atoms with Crippen molar-refractivity contribution in [2.75, 3.05) is 38.2 Å². The van der Waals surface area contributed by atoms with Crippen LogP contribution in [0.15, 0.2) is 48.5 Å². The van der Waals surface area contributed by atoms with Crippen molar-refractivity contribution >= 4 is 34.8 Å². The lowest BCUT2D eigenvalue weighted by Crippen LogP contribution is -2.40. The number of nitrogens with zero attached hydrogens (tertiary/aromatic N) is 1. The summed E-state index contributed by atoms with van der Waals surface area (Å²) in [4.78, 5) is 26.9. The molecule has 31 heavy (non-hydrogen) atoms. The Kier molecular flexibility index (Phi) is 7.97. The van der Waals surface area contributed by atoms with Crippen molar-refractivity contribution < 1.29 is 19.1 Å². The second-order valence-electron chi connectivity index (χ2n) is 7.59. The number of ether oxygens (including phenoxy) is 2. The molecule has 0 aliphatic carbocycles. The zero-order valence-corrected chi connectivity index (χ0v) is 18.5. The van der Waals surface area contributed by atoms with E-state index in [2.05, 4.69) is 10.6 Å². The third kappa shape index (κ3) is 6.50. The van der Waals surface area contributed by atoms with Crippen molar-refractivity contribution in [1.82, 2.24) is 10.2 Å². The minimum absolute atomic E-state index is 0.0243. The van der Waals surface area contributed by atoms with E-state index in [0.717, 1.165) is 0 Å². The van der Waals surface area contributed by atoms with E-state index in [0.29, 0.717) is 61.4 Å². The first-order valence-corrected chi connectivity index (χ1v) is 10.7. The summed E-state index contributed by atoms with van der Waals surface area (Å²) >= 11 is 5.28. The van der Waals surface area contributed by atoms with Gasteiger partial charge in [0.05, 0.1) is 25.4 Å². The van der Waals surface area contributed by atoms with Crippen LogP contribution >= 0.6 is 12.2 Å². The molecule has 0 aromatic heterocycles. The predicted octanol–water partition coefficient (Wildman–Crippen LogP) is 3.32. The van der Waals surface area contributed by atoms with Gasteiger partial charge in [0.2, 0.25) is 0 Å². The highest BCUT2D eigenvalue weighted by atomic mass is 32.1. The summed E-state index contributed by atoms with van der Waals surface area (Å²) in [5.74, 6) is 0.485. The van der Waals surface area contributed by atoms with Gasteiger partial charge < -0.3 is 19.7 Å². The molecule has 1 saturated heterocycles. The van der Waals surface area contributed by atoms with E-state index in [1.165, 1.54) is 0 Å². The quantitative estimate of drug-likeness (QED) is 0.670. The van der Waals surface area contributed by atoms with Gasteiger partial charge in [-0.15, -0.1) is 0 Å². The first-order valence-electron chi connectivity index (χ1n) is 10.3. The average Bonchev–Trinajstić information content (AvgIpc) is 2.78. The fraction of sp³-hybridized carbons (Fsp3) is 0.348. The number of amides is 2. The monoisotopic (exact) mass is 441 g/mol. The van der Waals surface area contributed by atoms with Crippen LogP contribution in [0.3, 0.4) is 0 Å². The fourth-order valence-corrected chi connectivity index (χ4v) is 3.23. The number of hydrogen-bond acceptors (Lipinski definition) is 5. The number of benzene rings is 2. The second kappa shape index (κ2) is 10.9. The highest BCUT2D eigenvalue weighted by Gasteiger charge is 2.18. The molecule has 0 unspecified atom stereocenters. The number of morpholine rings is 1. The van der Waals surface area contributed by atoms with Crippen LogP contribution in [-0.4, -0.2) is 54.7 Å². The maximum Gasteiger partial charge on any atom is 0.261 e. The van der Waals surface area contributed by atoms with Crippen molar-refractivity contribution in [3.63, 3.8) is 0 Å². The maximum atomic E-state index is 12.7. The van der Waals surface area contributed by atoms with Gasteiger partial charge in [0, 0.05) is 24.3 Å². The van der Waals surface area contributed by atoms with Crippen LogP contribution in [0, 0.1) is 5.92 Å². The Balaban J connectivity index is 1.57. The van der Waals surface area contributed by atoms with Crippen LogP contribution in [0.5, 0.6) is 5.75 Å². The predicted molar refractivity (Wildman–Crippen MR) is 124 cm³/mol. The summed E-state index contributed by atoms with van der Waals surface area (Å²) in [6.45, 7) is 6.91. The van der Waals surface area contributed by atoms with Crippen LogP contribution in [0.2, 0.25) is 0 Å². The van der Waals surface area contributed by atoms with Gasteiger partial charge in [-0.1, -0.05) is 26.0 Å². The number of hydrogen-bond donors (Lipinski definition) is 2. The first kappa shape index (κ1) is 22.7. The summed E-state index contributed by atoms with van der Waals surface area (Å²) in [6, 6.07) is 14.0. The molecule has 1 aliphatic rings. The number of carbonyl (C=O) groups is 2. The van der Waals surface area contributed by atoms with Gasteiger partial charge in [-0.05, 0) is 54.5 Å². The molecular weight excluding hydrogens is 414 g/mol. The standard InChI is InChI=1S/C23H27N3O4S/c1-16(2)15-30-20-6-4-3-5-19(20)21(27)25-23(31)24-18-9-7-17(8-10-18)22(28)26-11-13-29-14-12-26/h3-10,16H,11-15H2,1-2H3,(H2,24,25,27,31). The lowest BCUT2D eigenvalue weighted by atomic mass is 10.1. The molecule has 0 bridgehead atoms. The summed E-state index contributed by atoms with van der Waals surface area (Å²) in [7, 11) is 0. The number of rotatable bonds is 6. The number of nitrogens with one attached hydrogen (secondary N) is 2. The van der Waals surface area contributed by atoms with E-state index >= 15 is 0 Å². The molecule has 164 valence electrons. The molecule has 8 heteroatoms. The molecule has 2 aromatic carbocycles. The molecule has 7 nitrogen and oxygen atoms in total. The molecule has 3 rings (SSSR count). The largest absolute Gasteiger partial charge is 0.492 e. The van der Waals surface area contributed by atoms with Crippen molar-refractivity contribution in [3.05, 3.63) is 59.7 Å². The Morgan fingerprint density at radius 3 is 2.45 bits per heavy atom. The third-order valence-electron chi connectivity index (χ3n) is 4.62. The molecule has 0 spiro atoms. The number of thiocarbonyl (C=S) groups is 1. The first-order chi connectivity index (χ1) is 14.9. The smallest absolute Gasteiger partial charge is 0.261 e. The lowest BCUT2D eigenvalue weighted by molar-refractivity contribution is 0.0303. The van der Waals surface area contributed by atoms with Gasteiger partial charge in [-0.25, -0.2) is 0 Å². The van der Waals surface area contributed by atoms with E-state index in [-0.39, 0.29) is 16.9 Å². The Hall–Kier alpha value is -2.97. The number of anilines is 1. The van der Waals surface area contributed by atoms with Crippen molar-refractivity contribution in [1.29, 1.82) is 0 Å². The Labute approximate surface area is 187 Å². The zero-order valence-electron chi connectivity index (χ0n) is 17.7. The van der Waals surface area contributed by atoms with Crippen molar-refractivity contribution in [2.45, 2.75) is 13.8 Å². The van der Waals surface area contributed by atoms with E-state index in [4.69, 9.17) is 21.7 Å². The summed E-state index contributed by atoms with van der Waals surface area (Å²) in [5.41, 5.74) is 1.69. The minimum atomic E-state index is -0.351. The minimum Gasteiger partial charge on any atom is -0.492 e. The summed E-state index contributed by atoms with van der Waals surface area (Å²) in [5, 5.41) is 5.81. The molecule has 2 aromatic rings. The molecule has 0 atom stereocenters. The Morgan fingerprint density at radius 2 is 1.77 bits per heavy atom. The SMILES string of the molecule is CC(C)COc1ccccc1C(=O)NC(=S)Nc1ccc(C(=O)N2CCOCC2)cc1. The maximum absolute atomic E-state index is 12.7. The fourth-order valence-electron chi connectivity index (χ4n) is 3.01. The highest BCUT2D eigenvalue weighted by molar-refractivity contribution is 7.80. The van der Waals surface area contributed by atoms with Crippen LogP contribution in [0.1, 0.15) is 34.6 Å². The van der Waals surface area contributed by atoms with Gasteiger partial charge in [0.25, 0.3) is 11.8 Å². The van der Waals surface area contributed by atoms with Gasteiger partial charge in [-0.3, -0.25) is 14.9 Å². The van der Waals surface area contributed by atoms with Gasteiger partial charge in [0.15, 0.2) is 5.11 Å². The van der Waals surface area contributed by atoms with E-state index in [1.54, 1.807) is 47.4 Å². The van der Waals surface area contributed by atoms with E-state index in [1.807, 2.05) is 19.9 Å². The average molecular weight is 442 g/mol. The third-order valence-corrected chi connectivity index (χ3v) is 4.82. The Bertz CT molecular complexity index is 925. The number of para-hydroxylation sites is 1. The van der Waals surface area contributed by atoms with Crippen molar-refractivity contribution in [2.24, 2.45) is 5.92 Å². The lowest BCUT2D eigenvalue weighted by Gasteiger charge is -2.26. The zero-order chi connectivity index (χ0) is 22.2. The molecular formula is C23H27N3O4S. The van der Waals surface area contributed by atoms with Crippen LogP contribution in [0.25, 0.3) is 0 Å². The van der Waals surface area contributed by atoms with Gasteiger partial charge >= 0.3 is 0 Å². The van der Waals surface area contributed by atoms with Crippen LogP contribution in [0.4, 0.5) is 5.69 Å². The molecule has 0 saturated carbocycles. The normalized spacial score (nSPS) is 13.6. The molecule has 1 heterocycles. The molecule has 0 radical (unpaired) electrons. The van der Waals surface area contributed by atoms with Crippen LogP contribution in [-0.2, 0) is 4.74 Å². The van der Waals surface area contributed by atoms with Gasteiger partial charge in [-0.2, -0.15) is 0 Å². The topological polar surface area (TPSA) is 79.9 Å². The second-order valence-corrected chi connectivity index (χ2v) is 8.00. The summed E-state index contributed by atoms with van der Waals surface area (Å²) in [6.07, 6.45) is 0. The molecule has 2 amide bonds. The van der Waals surface area contributed by atoms with E-state index < -0.39 is 0 Å². The van der Waals surface area contributed by atoms with Crippen molar-refractivity contribution in [3.8, 4) is 5.75 Å². The highest BCUT2D eigenvalue weighted by Crippen LogP contribution is 2.19. The molecule has 1 fully saturated rings.